The molecule has 2 unspecified atom stereocenters. The van der Waals surface area contributed by atoms with Crippen LogP contribution in [0.2, 0.25) is 6.32 Å². The Balaban J connectivity index is 5.09. The van der Waals surface area contributed by atoms with E-state index in [4.69, 9.17) is 17.3 Å². The Hall–Kier alpha value is -0.0951. The molecule has 2 N–H and O–H groups in total. The largest absolute Gasteiger partial charge is 0.394 e. The molecule has 0 rings (SSSR count). The standard InChI is InChI=1S/C17H35BO4/c1-8-12(2)14(15(10-18)22-16(3,4)5)9-13(11-19)21-17(6,7)20/h12-15,19-20H,8-11H2,1-7H3/t12?,13-,14?,15-/m0/s1. The summed E-state index contributed by atoms with van der Waals surface area (Å²) in [6, 6.07) is 0. The number of hydrogen-bond donors (Lipinski definition) is 2. The lowest BCUT2D eigenvalue weighted by Crippen LogP contribution is -2.40. The van der Waals surface area contributed by atoms with Gasteiger partial charge in [0.2, 0.25) is 0 Å². The van der Waals surface area contributed by atoms with Crippen molar-refractivity contribution < 1.29 is 19.7 Å². The molecule has 0 aromatic carbocycles. The van der Waals surface area contributed by atoms with Crippen LogP contribution in [0, 0.1) is 11.8 Å². The predicted molar refractivity (Wildman–Crippen MR) is 91.0 cm³/mol. The molecular formula is C17H35BO4. The highest BCUT2D eigenvalue weighted by Crippen LogP contribution is 2.31. The van der Waals surface area contributed by atoms with Crippen molar-refractivity contribution in [1.29, 1.82) is 0 Å². The van der Waals surface area contributed by atoms with Gasteiger partial charge >= 0.3 is 0 Å². The van der Waals surface area contributed by atoms with E-state index in [0.29, 0.717) is 18.7 Å². The smallest absolute Gasteiger partial charge is 0.160 e. The maximum atomic E-state index is 9.82. The molecule has 0 fully saturated rings. The quantitative estimate of drug-likeness (QED) is 0.481. The molecule has 130 valence electrons. The molecule has 0 bridgehead atoms. The summed E-state index contributed by atoms with van der Waals surface area (Å²) in [7, 11) is 5.94. The van der Waals surface area contributed by atoms with Gasteiger partial charge in [0.25, 0.3) is 0 Å². The summed E-state index contributed by atoms with van der Waals surface area (Å²) in [6.45, 7) is 13.3. The van der Waals surface area contributed by atoms with E-state index in [1.54, 1.807) is 13.8 Å². The number of ether oxygens (including phenoxy) is 2. The Kier molecular flexibility index (Phi) is 9.22. The summed E-state index contributed by atoms with van der Waals surface area (Å²) in [4.78, 5) is 0. The van der Waals surface area contributed by atoms with Crippen molar-refractivity contribution in [2.24, 2.45) is 11.8 Å². The first-order valence-corrected chi connectivity index (χ1v) is 8.32. The molecule has 0 saturated carbocycles. The fraction of sp³-hybridized carbons (Fsp3) is 1.00. The fourth-order valence-electron chi connectivity index (χ4n) is 2.69. The molecule has 5 heteroatoms. The van der Waals surface area contributed by atoms with Crippen LogP contribution in [-0.4, -0.2) is 48.3 Å². The number of aliphatic hydroxyl groups excluding tert-OH is 1. The molecule has 2 radical (unpaired) electrons. The van der Waals surface area contributed by atoms with Gasteiger partial charge in [0.1, 0.15) is 0 Å². The zero-order valence-corrected chi connectivity index (χ0v) is 15.4. The molecular weight excluding hydrogens is 279 g/mol. The van der Waals surface area contributed by atoms with Gasteiger partial charge in [-0.25, -0.2) is 0 Å². The lowest BCUT2D eigenvalue weighted by Gasteiger charge is -2.38. The molecule has 4 nitrogen and oxygen atoms in total. The molecule has 0 aromatic rings. The third kappa shape index (κ3) is 9.14. The van der Waals surface area contributed by atoms with Gasteiger partial charge in [0.15, 0.2) is 5.79 Å². The third-order valence-corrected chi connectivity index (χ3v) is 3.78. The minimum atomic E-state index is -1.27. The van der Waals surface area contributed by atoms with E-state index < -0.39 is 11.9 Å². The summed E-state index contributed by atoms with van der Waals surface area (Å²) in [5.74, 6) is -0.722. The van der Waals surface area contributed by atoms with Crippen LogP contribution in [0.1, 0.15) is 61.3 Å². The molecule has 0 aromatic heterocycles. The van der Waals surface area contributed by atoms with Crippen molar-refractivity contribution in [1.82, 2.24) is 0 Å². The zero-order chi connectivity index (χ0) is 17.6. The Morgan fingerprint density at radius 3 is 1.95 bits per heavy atom. The number of hydrogen-bond acceptors (Lipinski definition) is 4. The maximum absolute atomic E-state index is 9.82. The van der Waals surface area contributed by atoms with Crippen molar-refractivity contribution in [2.45, 2.75) is 91.2 Å². The second-order valence-corrected chi connectivity index (χ2v) is 7.66. The number of rotatable bonds is 10. The first-order chi connectivity index (χ1) is 9.93. The second-order valence-electron chi connectivity index (χ2n) is 7.66. The lowest BCUT2D eigenvalue weighted by molar-refractivity contribution is -0.220. The summed E-state index contributed by atoms with van der Waals surface area (Å²) < 4.78 is 11.7. The molecule has 0 heterocycles. The summed E-state index contributed by atoms with van der Waals surface area (Å²) in [6.07, 6.45) is 1.49. The van der Waals surface area contributed by atoms with Gasteiger partial charge in [-0.3, -0.25) is 0 Å². The van der Waals surface area contributed by atoms with Gasteiger partial charge in [0.05, 0.1) is 32.3 Å². The van der Waals surface area contributed by atoms with Gasteiger partial charge < -0.3 is 19.7 Å². The van der Waals surface area contributed by atoms with E-state index >= 15 is 0 Å². The summed E-state index contributed by atoms with van der Waals surface area (Å²) in [5.41, 5.74) is -0.276. The van der Waals surface area contributed by atoms with Crippen molar-refractivity contribution in [3.8, 4) is 0 Å². The first-order valence-electron chi connectivity index (χ1n) is 8.32. The second kappa shape index (κ2) is 9.26. The van der Waals surface area contributed by atoms with Gasteiger partial charge in [-0.1, -0.05) is 26.6 Å². The molecule has 0 amide bonds. The molecule has 0 aliphatic heterocycles. The van der Waals surface area contributed by atoms with Gasteiger partial charge in [-0.15, -0.1) is 0 Å². The average molecular weight is 314 g/mol. The highest BCUT2D eigenvalue weighted by Gasteiger charge is 2.32. The Morgan fingerprint density at radius 2 is 1.64 bits per heavy atom. The van der Waals surface area contributed by atoms with Gasteiger partial charge in [-0.05, 0) is 52.9 Å². The normalized spacial score (nSPS) is 18.8. The van der Waals surface area contributed by atoms with Crippen molar-refractivity contribution in [3.63, 3.8) is 0 Å². The molecule has 22 heavy (non-hydrogen) atoms. The average Bonchev–Trinajstić information content (AvgIpc) is 2.37. The monoisotopic (exact) mass is 314 g/mol. The van der Waals surface area contributed by atoms with Crippen LogP contribution in [0.25, 0.3) is 0 Å². The van der Waals surface area contributed by atoms with Crippen LogP contribution in [0.4, 0.5) is 0 Å². The van der Waals surface area contributed by atoms with E-state index in [1.165, 1.54) is 0 Å². The SMILES string of the molecule is [B]C[C@H](OC(C)(C)C)C(C[C@@H](CO)OC(C)(C)O)C(C)CC. The molecule has 0 aliphatic rings. The van der Waals surface area contributed by atoms with Crippen LogP contribution in [0.5, 0.6) is 0 Å². The lowest BCUT2D eigenvalue weighted by atomic mass is 9.78. The zero-order valence-electron chi connectivity index (χ0n) is 15.4. The molecule has 0 spiro atoms. The summed E-state index contributed by atoms with van der Waals surface area (Å²) in [5, 5.41) is 19.4. The van der Waals surface area contributed by atoms with Crippen LogP contribution in [0.3, 0.4) is 0 Å². The van der Waals surface area contributed by atoms with E-state index in [0.717, 1.165) is 6.42 Å². The maximum Gasteiger partial charge on any atom is 0.160 e. The number of aliphatic hydroxyl groups is 2. The van der Waals surface area contributed by atoms with Crippen LogP contribution in [-0.2, 0) is 9.47 Å². The summed E-state index contributed by atoms with van der Waals surface area (Å²) >= 11 is 0. The van der Waals surface area contributed by atoms with Crippen LogP contribution in [0.15, 0.2) is 0 Å². The molecule has 0 saturated heterocycles. The van der Waals surface area contributed by atoms with E-state index in [1.807, 2.05) is 20.8 Å². The van der Waals surface area contributed by atoms with Gasteiger partial charge in [0, 0.05) is 0 Å². The Morgan fingerprint density at radius 1 is 1.09 bits per heavy atom. The minimum Gasteiger partial charge on any atom is -0.394 e. The Bertz CT molecular complexity index is 296. The minimum absolute atomic E-state index is 0.102. The first kappa shape index (κ1) is 21.9. The highest BCUT2D eigenvalue weighted by atomic mass is 16.6. The van der Waals surface area contributed by atoms with Crippen LogP contribution >= 0.6 is 0 Å². The fourth-order valence-corrected chi connectivity index (χ4v) is 2.69. The van der Waals surface area contributed by atoms with Crippen molar-refractivity contribution in [3.05, 3.63) is 0 Å². The van der Waals surface area contributed by atoms with Gasteiger partial charge in [-0.2, -0.15) is 0 Å². The highest BCUT2D eigenvalue weighted by molar-refractivity contribution is 6.08. The topological polar surface area (TPSA) is 58.9 Å². The van der Waals surface area contributed by atoms with Crippen molar-refractivity contribution >= 4 is 7.85 Å². The Labute approximate surface area is 138 Å². The van der Waals surface area contributed by atoms with E-state index in [-0.39, 0.29) is 24.2 Å². The predicted octanol–water partition coefficient (Wildman–Crippen LogP) is 2.92. The van der Waals surface area contributed by atoms with Crippen LogP contribution < -0.4 is 0 Å². The van der Waals surface area contributed by atoms with E-state index in [9.17, 15) is 10.2 Å². The molecule has 0 aliphatic carbocycles. The van der Waals surface area contributed by atoms with Crippen molar-refractivity contribution in [2.75, 3.05) is 6.61 Å². The van der Waals surface area contributed by atoms with E-state index in [2.05, 4.69) is 13.8 Å². The third-order valence-electron chi connectivity index (χ3n) is 3.78. The molecule has 4 atom stereocenters.